The second-order valence-corrected chi connectivity index (χ2v) is 5.29. The number of pyridine rings is 1. The van der Waals surface area contributed by atoms with Gasteiger partial charge in [-0.3, -0.25) is 4.98 Å². The minimum Gasteiger partial charge on any atom is -0.373 e. The molecule has 2 nitrogen and oxygen atoms in total. The van der Waals surface area contributed by atoms with Gasteiger partial charge >= 0.3 is 0 Å². The maximum absolute atomic E-state index is 5.96. The zero-order valence-electron chi connectivity index (χ0n) is 10.5. The third-order valence-electron chi connectivity index (χ3n) is 3.70. The minimum absolute atomic E-state index is 0.562. The summed E-state index contributed by atoms with van der Waals surface area (Å²) in [7, 11) is 2.15. The Hall–Kier alpha value is -0.760. The third kappa shape index (κ3) is 3.35. The normalized spacial score (nSPS) is 17.1. The number of anilines is 1. The maximum Gasteiger partial charge on any atom is 0.0595 e. The summed E-state index contributed by atoms with van der Waals surface area (Å²) in [4.78, 5) is 6.53. The van der Waals surface area contributed by atoms with Crippen LogP contribution in [0.4, 0.5) is 5.69 Å². The Morgan fingerprint density at radius 2 is 2.12 bits per heavy atom. The summed E-state index contributed by atoms with van der Waals surface area (Å²) in [6.45, 7) is 1.13. The number of rotatable bonds is 4. The molecule has 0 radical (unpaired) electrons. The summed E-state index contributed by atoms with van der Waals surface area (Å²) in [6, 6.07) is 2.01. The van der Waals surface area contributed by atoms with Crippen molar-refractivity contribution in [3.63, 3.8) is 0 Å². The van der Waals surface area contributed by atoms with Crippen LogP contribution in [0, 0.1) is 5.92 Å². The van der Waals surface area contributed by atoms with Crippen molar-refractivity contribution in [2.24, 2.45) is 5.92 Å². The first-order valence-corrected chi connectivity index (χ1v) is 7.04. The maximum atomic E-state index is 5.96. The van der Waals surface area contributed by atoms with Crippen molar-refractivity contribution in [2.75, 3.05) is 18.5 Å². The molecule has 1 aromatic heterocycles. The predicted molar refractivity (Wildman–Crippen MR) is 73.6 cm³/mol. The number of alkyl halides is 1. The van der Waals surface area contributed by atoms with Crippen LogP contribution < -0.4 is 4.90 Å². The van der Waals surface area contributed by atoms with Gasteiger partial charge in [-0.15, -0.1) is 11.6 Å². The number of halogens is 1. The van der Waals surface area contributed by atoms with Gasteiger partial charge in [0.2, 0.25) is 0 Å². The van der Waals surface area contributed by atoms with Gasteiger partial charge in [0.1, 0.15) is 0 Å². The lowest BCUT2D eigenvalue weighted by Gasteiger charge is -2.29. The molecule has 0 bridgehead atoms. The van der Waals surface area contributed by atoms with Gasteiger partial charge in [-0.05, 0) is 30.4 Å². The van der Waals surface area contributed by atoms with E-state index < -0.39 is 0 Å². The Morgan fingerprint density at radius 3 is 2.82 bits per heavy atom. The Bertz CT molecular complexity index is 348. The molecule has 2 rings (SSSR count). The molecule has 1 fully saturated rings. The number of hydrogen-bond acceptors (Lipinski definition) is 2. The molecule has 0 amide bonds. The van der Waals surface area contributed by atoms with Gasteiger partial charge in [0, 0.05) is 25.7 Å². The molecule has 1 heterocycles. The van der Waals surface area contributed by atoms with Crippen molar-refractivity contribution >= 4 is 17.3 Å². The Kier molecular flexibility index (Phi) is 4.66. The molecule has 3 heteroatoms. The molecule has 0 aliphatic heterocycles. The van der Waals surface area contributed by atoms with Crippen molar-refractivity contribution in [1.29, 1.82) is 0 Å². The standard InChI is InChI=1S/C14H21ClN2/c1-17(11-12-5-3-2-4-6-12)14-10-16-8-7-13(14)9-15/h7-8,10,12H,2-6,9,11H2,1H3. The van der Waals surface area contributed by atoms with Crippen LogP contribution >= 0.6 is 11.6 Å². The fourth-order valence-corrected chi connectivity index (χ4v) is 2.95. The first kappa shape index (κ1) is 12.7. The van der Waals surface area contributed by atoms with E-state index in [0.717, 1.165) is 12.5 Å². The molecule has 0 unspecified atom stereocenters. The lowest BCUT2D eigenvalue weighted by atomic mass is 9.89. The molecule has 94 valence electrons. The molecule has 1 saturated carbocycles. The van der Waals surface area contributed by atoms with Gasteiger partial charge in [-0.2, -0.15) is 0 Å². The van der Waals surface area contributed by atoms with Crippen LogP contribution in [0.25, 0.3) is 0 Å². The summed E-state index contributed by atoms with van der Waals surface area (Å²) in [6.07, 6.45) is 10.7. The summed E-state index contributed by atoms with van der Waals surface area (Å²) in [5.41, 5.74) is 2.37. The Morgan fingerprint density at radius 1 is 1.35 bits per heavy atom. The summed E-state index contributed by atoms with van der Waals surface area (Å²) in [5, 5.41) is 0. The lowest BCUT2D eigenvalue weighted by Crippen LogP contribution is -2.27. The van der Waals surface area contributed by atoms with Crippen molar-refractivity contribution in [2.45, 2.75) is 38.0 Å². The first-order chi connectivity index (χ1) is 8.31. The van der Waals surface area contributed by atoms with Gasteiger partial charge in [0.05, 0.1) is 11.9 Å². The highest BCUT2D eigenvalue weighted by atomic mass is 35.5. The lowest BCUT2D eigenvalue weighted by molar-refractivity contribution is 0.362. The predicted octanol–water partition coefficient (Wildman–Crippen LogP) is 3.84. The average molecular weight is 253 g/mol. The molecular weight excluding hydrogens is 232 g/mol. The molecular formula is C14H21ClN2. The molecule has 0 spiro atoms. The molecule has 1 aliphatic rings. The fraction of sp³-hybridized carbons (Fsp3) is 0.643. The van der Waals surface area contributed by atoms with E-state index >= 15 is 0 Å². The second kappa shape index (κ2) is 6.25. The monoisotopic (exact) mass is 252 g/mol. The second-order valence-electron chi connectivity index (χ2n) is 5.02. The number of aromatic nitrogens is 1. The highest BCUT2D eigenvalue weighted by Crippen LogP contribution is 2.27. The van der Waals surface area contributed by atoms with E-state index in [9.17, 15) is 0 Å². The van der Waals surface area contributed by atoms with E-state index in [0.29, 0.717) is 5.88 Å². The van der Waals surface area contributed by atoms with Gasteiger partial charge in [-0.25, -0.2) is 0 Å². The highest BCUT2D eigenvalue weighted by molar-refractivity contribution is 6.17. The summed E-state index contributed by atoms with van der Waals surface area (Å²) >= 11 is 5.96. The van der Waals surface area contributed by atoms with E-state index in [-0.39, 0.29) is 0 Å². The molecule has 1 aromatic rings. The molecule has 0 atom stereocenters. The molecule has 1 aliphatic carbocycles. The number of nitrogens with zero attached hydrogens (tertiary/aromatic N) is 2. The molecule has 0 aromatic carbocycles. The summed E-state index contributed by atoms with van der Waals surface area (Å²) < 4.78 is 0. The van der Waals surface area contributed by atoms with Crippen LogP contribution in [-0.4, -0.2) is 18.6 Å². The average Bonchev–Trinajstić information content (AvgIpc) is 2.40. The first-order valence-electron chi connectivity index (χ1n) is 6.51. The van der Waals surface area contributed by atoms with Crippen LogP contribution in [0.1, 0.15) is 37.7 Å². The van der Waals surface area contributed by atoms with Gasteiger partial charge in [-0.1, -0.05) is 19.3 Å². The van der Waals surface area contributed by atoms with E-state index in [4.69, 9.17) is 11.6 Å². The van der Waals surface area contributed by atoms with E-state index in [1.54, 1.807) is 0 Å². The zero-order chi connectivity index (χ0) is 12.1. The van der Waals surface area contributed by atoms with Crippen molar-refractivity contribution in [3.05, 3.63) is 24.0 Å². The quantitative estimate of drug-likeness (QED) is 0.757. The minimum atomic E-state index is 0.562. The Labute approximate surface area is 109 Å². The van der Waals surface area contributed by atoms with Crippen LogP contribution in [0.2, 0.25) is 0 Å². The molecule has 17 heavy (non-hydrogen) atoms. The van der Waals surface area contributed by atoms with Gasteiger partial charge < -0.3 is 4.90 Å². The van der Waals surface area contributed by atoms with Crippen LogP contribution in [-0.2, 0) is 5.88 Å². The van der Waals surface area contributed by atoms with Crippen molar-refractivity contribution < 1.29 is 0 Å². The Balaban J connectivity index is 2.00. The largest absolute Gasteiger partial charge is 0.373 e. The third-order valence-corrected chi connectivity index (χ3v) is 3.99. The van der Waals surface area contributed by atoms with Gasteiger partial charge in [0.25, 0.3) is 0 Å². The molecule has 0 saturated heterocycles. The fourth-order valence-electron chi connectivity index (χ4n) is 2.73. The van der Waals surface area contributed by atoms with E-state index in [1.165, 1.54) is 43.4 Å². The highest BCUT2D eigenvalue weighted by Gasteiger charge is 2.16. The van der Waals surface area contributed by atoms with Crippen molar-refractivity contribution in [1.82, 2.24) is 4.98 Å². The molecule has 0 N–H and O–H groups in total. The SMILES string of the molecule is CN(CC1CCCCC1)c1cnccc1CCl. The zero-order valence-corrected chi connectivity index (χ0v) is 11.3. The van der Waals surface area contributed by atoms with Gasteiger partial charge in [0.15, 0.2) is 0 Å². The van der Waals surface area contributed by atoms with Crippen molar-refractivity contribution in [3.8, 4) is 0 Å². The van der Waals surface area contributed by atoms with Crippen LogP contribution in [0.5, 0.6) is 0 Å². The number of hydrogen-bond donors (Lipinski definition) is 0. The van der Waals surface area contributed by atoms with Crippen LogP contribution in [0.15, 0.2) is 18.5 Å². The van der Waals surface area contributed by atoms with E-state index in [1.807, 2.05) is 18.5 Å². The topological polar surface area (TPSA) is 16.1 Å². The summed E-state index contributed by atoms with van der Waals surface area (Å²) in [5.74, 6) is 1.41. The van der Waals surface area contributed by atoms with E-state index in [2.05, 4.69) is 16.9 Å². The smallest absolute Gasteiger partial charge is 0.0595 e. The van der Waals surface area contributed by atoms with Crippen LogP contribution in [0.3, 0.4) is 0 Å².